The zero-order valence-electron chi connectivity index (χ0n) is 12.7. The molecule has 1 atom stereocenters. The minimum Gasteiger partial charge on any atom is -0.396 e. The van der Waals surface area contributed by atoms with E-state index in [0.717, 1.165) is 36.8 Å². The van der Waals surface area contributed by atoms with Crippen molar-refractivity contribution in [2.75, 3.05) is 6.61 Å². The molecule has 1 aromatic carbocycles. The fraction of sp³-hybridized carbons (Fsp3) is 0.625. The summed E-state index contributed by atoms with van der Waals surface area (Å²) in [6.45, 7) is 4.16. The fourth-order valence-electron chi connectivity index (χ4n) is 3.26. The Balaban J connectivity index is 2.02. The molecule has 1 aromatic rings. The maximum atomic E-state index is 11.0. The van der Waals surface area contributed by atoms with Gasteiger partial charge in [-0.2, -0.15) is 0 Å². The van der Waals surface area contributed by atoms with Crippen molar-refractivity contribution in [2.45, 2.75) is 51.6 Å². The van der Waals surface area contributed by atoms with Gasteiger partial charge >= 0.3 is 0 Å². The Hall–Kier alpha value is -1.46. The fourth-order valence-corrected chi connectivity index (χ4v) is 3.26. The van der Waals surface area contributed by atoms with E-state index in [9.17, 15) is 15.2 Å². The molecule has 21 heavy (non-hydrogen) atoms. The molecule has 2 N–H and O–H groups in total. The Labute approximate surface area is 125 Å². The summed E-state index contributed by atoms with van der Waals surface area (Å²) in [6, 6.07) is 5.79. The third kappa shape index (κ3) is 3.80. The molecule has 1 unspecified atom stereocenters. The second-order valence-corrected chi connectivity index (χ2v) is 6.04. The van der Waals surface area contributed by atoms with Crippen molar-refractivity contribution in [2.24, 2.45) is 5.92 Å². The van der Waals surface area contributed by atoms with E-state index in [4.69, 9.17) is 0 Å². The van der Waals surface area contributed by atoms with Gasteiger partial charge in [-0.15, -0.1) is 0 Å². The predicted molar refractivity (Wildman–Crippen MR) is 82.2 cm³/mol. The third-order valence-corrected chi connectivity index (χ3v) is 4.60. The van der Waals surface area contributed by atoms with Crippen molar-refractivity contribution < 1.29 is 10.0 Å². The average molecular weight is 292 g/mol. The van der Waals surface area contributed by atoms with Crippen LogP contribution < -0.4 is 5.32 Å². The normalized spacial score (nSPS) is 23.8. The van der Waals surface area contributed by atoms with Gasteiger partial charge in [-0.05, 0) is 51.0 Å². The Morgan fingerprint density at radius 1 is 1.38 bits per heavy atom. The molecule has 0 spiro atoms. The highest BCUT2D eigenvalue weighted by molar-refractivity contribution is 5.45. The number of nitrogens with zero attached hydrogens (tertiary/aromatic N) is 1. The Morgan fingerprint density at radius 2 is 2.05 bits per heavy atom. The van der Waals surface area contributed by atoms with Gasteiger partial charge < -0.3 is 10.4 Å². The number of aliphatic hydroxyl groups excluding tert-OH is 1. The summed E-state index contributed by atoms with van der Waals surface area (Å²) in [6.07, 6.45) is 4.22. The van der Waals surface area contributed by atoms with Crippen LogP contribution in [0.5, 0.6) is 0 Å². The first kappa shape index (κ1) is 15.9. The Morgan fingerprint density at radius 3 is 2.62 bits per heavy atom. The zero-order valence-corrected chi connectivity index (χ0v) is 12.7. The van der Waals surface area contributed by atoms with E-state index in [1.54, 1.807) is 12.1 Å². The third-order valence-electron chi connectivity index (χ3n) is 4.60. The maximum Gasteiger partial charge on any atom is 0.272 e. The lowest BCUT2D eigenvalue weighted by Crippen LogP contribution is -2.35. The van der Waals surface area contributed by atoms with Gasteiger partial charge in [0.15, 0.2) is 0 Å². The molecule has 5 nitrogen and oxygen atoms in total. The van der Waals surface area contributed by atoms with E-state index in [0.29, 0.717) is 12.0 Å². The highest BCUT2D eigenvalue weighted by Gasteiger charge is 2.23. The van der Waals surface area contributed by atoms with Gasteiger partial charge in [-0.3, -0.25) is 10.1 Å². The van der Waals surface area contributed by atoms with Gasteiger partial charge in [0.2, 0.25) is 0 Å². The van der Waals surface area contributed by atoms with Crippen LogP contribution in [-0.2, 0) is 0 Å². The second kappa shape index (κ2) is 7.00. The SMILES string of the molecule is Cc1c(C(C)NC2CCC(CO)CC2)cccc1[N+](=O)[O-]. The lowest BCUT2D eigenvalue weighted by molar-refractivity contribution is -0.385. The molecule has 116 valence electrons. The van der Waals surface area contributed by atoms with Crippen molar-refractivity contribution in [1.29, 1.82) is 0 Å². The van der Waals surface area contributed by atoms with E-state index in [1.807, 2.05) is 13.0 Å². The first-order valence-electron chi connectivity index (χ1n) is 7.63. The molecule has 1 fully saturated rings. The molecule has 1 saturated carbocycles. The van der Waals surface area contributed by atoms with Gasteiger partial charge in [0, 0.05) is 30.3 Å². The van der Waals surface area contributed by atoms with E-state index in [1.165, 1.54) is 0 Å². The van der Waals surface area contributed by atoms with Gasteiger partial charge in [-0.25, -0.2) is 0 Å². The topological polar surface area (TPSA) is 75.4 Å². The van der Waals surface area contributed by atoms with Crippen LogP contribution in [0.4, 0.5) is 5.69 Å². The number of nitro groups is 1. The van der Waals surface area contributed by atoms with Crippen molar-refractivity contribution in [3.05, 3.63) is 39.4 Å². The molecule has 0 aliphatic heterocycles. The van der Waals surface area contributed by atoms with Gasteiger partial charge in [-0.1, -0.05) is 12.1 Å². The summed E-state index contributed by atoms with van der Waals surface area (Å²) in [4.78, 5) is 10.7. The van der Waals surface area contributed by atoms with Crippen LogP contribution in [0.3, 0.4) is 0 Å². The molecule has 2 rings (SSSR count). The van der Waals surface area contributed by atoms with Crippen LogP contribution in [0.1, 0.15) is 49.8 Å². The highest BCUT2D eigenvalue weighted by Crippen LogP contribution is 2.29. The average Bonchev–Trinajstić information content (AvgIpc) is 2.47. The van der Waals surface area contributed by atoms with Crippen molar-refractivity contribution in [3.63, 3.8) is 0 Å². The summed E-state index contributed by atoms with van der Waals surface area (Å²) in [5, 5.41) is 23.8. The summed E-state index contributed by atoms with van der Waals surface area (Å²) >= 11 is 0. The summed E-state index contributed by atoms with van der Waals surface area (Å²) in [5.41, 5.74) is 1.92. The van der Waals surface area contributed by atoms with Crippen LogP contribution in [0.2, 0.25) is 0 Å². The number of benzene rings is 1. The minimum atomic E-state index is -0.321. The van der Waals surface area contributed by atoms with Crippen molar-refractivity contribution >= 4 is 5.69 Å². The zero-order chi connectivity index (χ0) is 15.4. The lowest BCUT2D eigenvalue weighted by Gasteiger charge is -2.31. The predicted octanol–water partition coefficient (Wildman–Crippen LogP) is 3.10. The molecule has 0 heterocycles. The van der Waals surface area contributed by atoms with Crippen LogP contribution in [-0.4, -0.2) is 22.7 Å². The molecule has 0 amide bonds. The Kier molecular flexibility index (Phi) is 5.31. The molecule has 1 aliphatic rings. The lowest BCUT2D eigenvalue weighted by atomic mass is 9.86. The maximum absolute atomic E-state index is 11.0. The van der Waals surface area contributed by atoms with E-state index in [2.05, 4.69) is 12.2 Å². The first-order chi connectivity index (χ1) is 10.0. The standard InChI is InChI=1S/C16H24N2O3/c1-11-15(4-3-5-16(11)18(20)21)12(2)17-14-8-6-13(10-19)7-9-14/h3-5,12-14,17,19H,6-10H2,1-2H3. The van der Waals surface area contributed by atoms with E-state index in [-0.39, 0.29) is 23.3 Å². The minimum absolute atomic E-state index is 0.0978. The molecule has 0 aromatic heterocycles. The number of nitro benzene ring substituents is 1. The molecule has 0 bridgehead atoms. The molecule has 0 radical (unpaired) electrons. The number of nitrogens with one attached hydrogen (secondary N) is 1. The van der Waals surface area contributed by atoms with Gasteiger partial charge in [0.25, 0.3) is 5.69 Å². The Bertz CT molecular complexity index is 496. The number of hydrogen-bond acceptors (Lipinski definition) is 4. The smallest absolute Gasteiger partial charge is 0.272 e. The largest absolute Gasteiger partial charge is 0.396 e. The van der Waals surface area contributed by atoms with Crippen molar-refractivity contribution in [1.82, 2.24) is 5.32 Å². The molecular formula is C16H24N2O3. The summed E-state index contributed by atoms with van der Waals surface area (Å²) in [7, 11) is 0. The number of hydrogen-bond donors (Lipinski definition) is 2. The van der Waals surface area contributed by atoms with Crippen LogP contribution in [0, 0.1) is 23.0 Å². The van der Waals surface area contributed by atoms with Crippen LogP contribution >= 0.6 is 0 Å². The van der Waals surface area contributed by atoms with E-state index >= 15 is 0 Å². The number of aliphatic hydroxyl groups is 1. The first-order valence-corrected chi connectivity index (χ1v) is 7.63. The monoisotopic (exact) mass is 292 g/mol. The van der Waals surface area contributed by atoms with Gasteiger partial charge in [0.1, 0.15) is 0 Å². The van der Waals surface area contributed by atoms with Crippen molar-refractivity contribution in [3.8, 4) is 0 Å². The van der Waals surface area contributed by atoms with Gasteiger partial charge in [0.05, 0.1) is 4.92 Å². The summed E-state index contributed by atoms with van der Waals surface area (Å²) in [5.74, 6) is 0.443. The quantitative estimate of drug-likeness (QED) is 0.646. The summed E-state index contributed by atoms with van der Waals surface area (Å²) < 4.78 is 0. The van der Waals surface area contributed by atoms with Crippen LogP contribution in [0.25, 0.3) is 0 Å². The molecule has 0 saturated heterocycles. The van der Waals surface area contributed by atoms with E-state index < -0.39 is 0 Å². The van der Waals surface area contributed by atoms with Crippen LogP contribution in [0.15, 0.2) is 18.2 Å². The highest BCUT2D eigenvalue weighted by atomic mass is 16.6. The molecule has 1 aliphatic carbocycles. The molecular weight excluding hydrogens is 268 g/mol. The second-order valence-electron chi connectivity index (χ2n) is 6.04. The number of rotatable bonds is 5. The molecule has 5 heteroatoms.